The summed E-state index contributed by atoms with van der Waals surface area (Å²) in [4.78, 5) is 21.0. The van der Waals surface area contributed by atoms with Crippen molar-refractivity contribution in [3.63, 3.8) is 0 Å². The van der Waals surface area contributed by atoms with Gasteiger partial charge in [0.05, 0.1) is 5.69 Å². The maximum atomic E-state index is 13.0. The van der Waals surface area contributed by atoms with Gasteiger partial charge in [-0.2, -0.15) is 0 Å². The van der Waals surface area contributed by atoms with Crippen LogP contribution < -0.4 is 10.6 Å². The first-order chi connectivity index (χ1) is 11.7. The third-order valence-electron chi connectivity index (χ3n) is 4.48. The molecule has 1 aromatic carbocycles. The molecule has 1 aliphatic heterocycles. The van der Waals surface area contributed by atoms with E-state index in [9.17, 15) is 4.79 Å². The molecule has 3 aromatic rings. The number of benzene rings is 1. The summed E-state index contributed by atoms with van der Waals surface area (Å²) in [5.41, 5.74) is 10.1. The largest absolute Gasteiger partial charge is 0.397 e. The number of nitrogens with two attached hydrogens (primary N) is 1. The van der Waals surface area contributed by atoms with Gasteiger partial charge in [-0.1, -0.05) is 31.5 Å². The van der Waals surface area contributed by atoms with Gasteiger partial charge in [0, 0.05) is 23.3 Å². The molecule has 24 heavy (non-hydrogen) atoms. The number of rotatable bonds is 3. The highest BCUT2D eigenvalue weighted by molar-refractivity contribution is 7.21. The Labute approximate surface area is 144 Å². The Morgan fingerprint density at radius 1 is 1.29 bits per heavy atom. The van der Waals surface area contributed by atoms with Crippen LogP contribution in [0.4, 0.5) is 11.4 Å². The molecule has 4 nitrogen and oxygen atoms in total. The number of aryl methyl sites for hydroxylation is 1. The highest BCUT2D eigenvalue weighted by Gasteiger charge is 2.28. The number of carbonyl (C=O) groups excluding carboxylic acids is 1. The maximum Gasteiger partial charge on any atom is 0.270 e. The van der Waals surface area contributed by atoms with Crippen LogP contribution in [0.15, 0.2) is 36.4 Å². The summed E-state index contributed by atoms with van der Waals surface area (Å²) in [7, 11) is 0. The summed E-state index contributed by atoms with van der Waals surface area (Å²) >= 11 is 1.41. The van der Waals surface area contributed by atoms with Crippen LogP contribution in [0.2, 0.25) is 0 Å². The van der Waals surface area contributed by atoms with Crippen LogP contribution in [-0.2, 0) is 12.8 Å². The van der Waals surface area contributed by atoms with Crippen molar-refractivity contribution in [2.24, 2.45) is 0 Å². The summed E-state index contributed by atoms with van der Waals surface area (Å²) in [5.74, 6) is -0.0162. The number of nitrogen functional groups attached to an aromatic ring is 1. The van der Waals surface area contributed by atoms with Crippen molar-refractivity contribution >= 4 is 38.8 Å². The topological polar surface area (TPSA) is 59.2 Å². The van der Waals surface area contributed by atoms with E-state index >= 15 is 0 Å². The number of hydrogen-bond donors (Lipinski definition) is 1. The van der Waals surface area contributed by atoms with E-state index in [-0.39, 0.29) is 5.91 Å². The summed E-state index contributed by atoms with van der Waals surface area (Å²) < 4.78 is 0. The summed E-state index contributed by atoms with van der Waals surface area (Å²) in [6.45, 7) is 2.84. The van der Waals surface area contributed by atoms with E-state index in [0.29, 0.717) is 17.1 Å². The molecule has 122 valence electrons. The molecule has 0 saturated heterocycles. The van der Waals surface area contributed by atoms with E-state index in [0.717, 1.165) is 40.9 Å². The van der Waals surface area contributed by atoms with E-state index in [1.54, 1.807) is 0 Å². The van der Waals surface area contributed by atoms with E-state index < -0.39 is 0 Å². The van der Waals surface area contributed by atoms with Crippen molar-refractivity contribution in [1.29, 1.82) is 0 Å². The number of pyridine rings is 1. The second kappa shape index (κ2) is 5.91. The zero-order valence-corrected chi connectivity index (χ0v) is 14.4. The Kier molecular flexibility index (Phi) is 3.73. The average Bonchev–Trinajstić information content (AvgIpc) is 3.16. The Balaban J connectivity index is 1.74. The number of nitrogens with zero attached hydrogens (tertiary/aromatic N) is 2. The highest BCUT2D eigenvalue weighted by Crippen LogP contribution is 2.36. The Morgan fingerprint density at radius 3 is 2.96 bits per heavy atom. The lowest BCUT2D eigenvalue weighted by atomic mass is 10.2. The van der Waals surface area contributed by atoms with Gasteiger partial charge in [-0.05, 0) is 36.6 Å². The molecule has 3 heterocycles. The minimum absolute atomic E-state index is 0.0162. The van der Waals surface area contributed by atoms with Crippen LogP contribution in [0.5, 0.6) is 0 Å². The first kappa shape index (κ1) is 15.1. The van der Waals surface area contributed by atoms with E-state index in [1.165, 1.54) is 16.9 Å². The monoisotopic (exact) mass is 337 g/mol. The van der Waals surface area contributed by atoms with E-state index in [4.69, 9.17) is 5.73 Å². The van der Waals surface area contributed by atoms with Crippen molar-refractivity contribution in [3.05, 3.63) is 52.5 Å². The van der Waals surface area contributed by atoms with Crippen LogP contribution in [0.25, 0.3) is 10.2 Å². The van der Waals surface area contributed by atoms with Crippen LogP contribution in [-0.4, -0.2) is 17.4 Å². The van der Waals surface area contributed by atoms with Crippen molar-refractivity contribution in [2.75, 3.05) is 17.2 Å². The molecular weight excluding hydrogens is 318 g/mol. The fraction of sp³-hybridized carbons (Fsp3) is 0.263. The lowest BCUT2D eigenvalue weighted by Crippen LogP contribution is -2.28. The Morgan fingerprint density at radius 2 is 2.12 bits per heavy atom. The molecule has 1 amide bonds. The number of para-hydroxylation sites is 1. The molecule has 0 bridgehead atoms. The SMILES string of the molecule is CCCc1ccc2c(N)c(C(=O)N3CCc4ccccc43)sc2n1. The number of aromatic nitrogens is 1. The molecule has 2 aromatic heterocycles. The number of anilines is 2. The summed E-state index contributed by atoms with van der Waals surface area (Å²) in [6.07, 6.45) is 2.89. The molecule has 0 radical (unpaired) electrons. The zero-order chi connectivity index (χ0) is 16.7. The van der Waals surface area contributed by atoms with Crippen molar-refractivity contribution in [2.45, 2.75) is 26.2 Å². The lowest BCUT2D eigenvalue weighted by Gasteiger charge is -2.16. The average molecular weight is 337 g/mol. The molecule has 0 atom stereocenters. The molecule has 0 saturated carbocycles. The van der Waals surface area contributed by atoms with Gasteiger partial charge in [0.2, 0.25) is 0 Å². The number of amides is 1. The Bertz CT molecular complexity index is 932. The predicted octanol–water partition coefficient (Wildman–Crippen LogP) is 4.03. The first-order valence-corrected chi connectivity index (χ1v) is 9.08. The molecule has 0 aliphatic carbocycles. The van der Waals surface area contributed by atoms with Gasteiger partial charge < -0.3 is 10.6 Å². The van der Waals surface area contributed by atoms with Crippen molar-refractivity contribution < 1.29 is 4.79 Å². The van der Waals surface area contributed by atoms with Crippen LogP contribution >= 0.6 is 11.3 Å². The number of carbonyl (C=O) groups is 1. The predicted molar refractivity (Wildman–Crippen MR) is 99.8 cm³/mol. The Hall–Kier alpha value is -2.40. The van der Waals surface area contributed by atoms with Gasteiger partial charge >= 0.3 is 0 Å². The van der Waals surface area contributed by atoms with Crippen molar-refractivity contribution in [1.82, 2.24) is 4.98 Å². The molecular formula is C19H19N3OS. The van der Waals surface area contributed by atoms with Gasteiger partial charge in [0.25, 0.3) is 5.91 Å². The first-order valence-electron chi connectivity index (χ1n) is 8.26. The minimum atomic E-state index is -0.0162. The second-order valence-corrected chi connectivity index (χ2v) is 7.08. The second-order valence-electron chi connectivity index (χ2n) is 6.09. The third kappa shape index (κ3) is 2.36. The lowest BCUT2D eigenvalue weighted by molar-refractivity contribution is 0.0994. The molecule has 4 rings (SSSR count). The minimum Gasteiger partial charge on any atom is -0.397 e. The maximum absolute atomic E-state index is 13.0. The smallest absolute Gasteiger partial charge is 0.270 e. The fourth-order valence-electron chi connectivity index (χ4n) is 3.26. The molecule has 0 spiro atoms. The standard InChI is InChI=1S/C19H19N3OS/c1-2-5-13-8-9-14-16(20)17(24-18(14)21-13)19(23)22-11-10-12-6-3-4-7-15(12)22/h3-4,6-9H,2,5,10-11,20H2,1H3. The number of fused-ring (bicyclic) bond motifs is 2. The van der Waals surface area contributed by atoms with E-state index in [1.807, 2.05) is 35.2 Å². The summed E-state index contributed by atoms with van der Waals surface area (Å²) in [6, 6.07) is 12.1. The molecule has 0 fully saturated rings. The van der Waals surface area contributed by atoms with Crippen LogP contribution in [0, 0.1) is 0 Å². The molecule has 2 N–H and O–H groups in total. The molecule has 1 aliphatic rings. The van der Waals surface area contributed by atoms with E-state index in [2.05, 4.69) is 18.0 Å². The highest BCUT2D eigenvalue weighted by atomic mass is 32.1. The van der Waals surface area contributed by atoms with Gasteiger partial charge in [-0.25, -0.2) is 4.98 Å². The number of hydrogen-bond acceptors (Lipinski definition) is 4. The number of thiophene rings is 1. The van der Waals surface area contributed by atoms with Crippen LogP contribution in [0.3, 0.4) is 0 Å². The summed E-state index contributed by atoms with van der Waals surface area (Å²) in [5, 5.41) is 0.885. The quantitative estimate of drug-likeness (QED) is 0.785. The fourth-order valence-corrected chi connectivity index (χ4v) is 4.32. The van der Waals surface area contributed by atoms with Gasteiger partial charge in [-0.3, -0.25) is 4.79 Å². The van der Waals surface area contributed by atoms with Gasteiger partial charge in [0.1, 0.15) is 9.71 Å². The molecule has 0 unspecified atom stereocenters. The van der Waals surface area contributed by atoms with Gasteiger partial charge in [0.15, 0.2) is 0 Å². The van der Waals surface area contributed by atoms with Crippen molar-refractivity contribution in [3.8, 4) is 0 Å². The normalized spacial score (nSPS) is 13.5. The van der Waals surface area contributed by atoms with Gasteiger partial charge in [-0.15, -0.1) is 11.3 Å². The zero-order valence-electron chi connectivity index (χ0n) is 13.6. The van der Waals surface area contributed by atoms with Crippen LogP contribution in [0.1, 0.15) is 34.3 Å². The third-order valence-corrected chi connectivity index (χ3v) is 5.59. The molecule has 5 heteroatoms.